The highest BCUT2D eigenvalue weighted by Crippen LogP contribution is 2.53. The number of rotatable bonds is 22. The average molecular weight is 1800 g/mol. The molecule has 678 valence electrons. The first-order chi connectivity index (χ1) is 64.3. The Morgan fingerprint density at radius 3 is 0.590 bits per heavy atom. The Morgan fingerprint density at radius 1 is 0.179 bits per heavy atom. The van der Waals surface area contributed by atoms with Gasteiger partial charge >= 0.3 is 0 Å². The molecule has 0 aromatic heterocycles. The van der Waals surface area contributed by atoms with Crippen LogP contribution in [0.15, 0.2) is 340 Å². The molecule has 0 unspecified atom stereocenters. The SMILES string of the molecule is Cc1cc(C)c(N(c2cccc(Cl)c2)c2cc(N(c3ccccc3)c3ccccc3)cc(N(c3cccc(Cl)c3)c3c(C)cc(C)cc3C)c2)c(C)c1.Cc1cc(C)c(N)c(C)c1.Cc1cc(C)c(Nc2cccc(N(c3cc(N(c4ccccc4)c4ccccc4)cc(N(c4cccc(Nc5c(C)cc(C)cc5C)c4)c4c(C)cc(C)cc4C)c3)c3c(C)cc(C)cc3C)c2)c(C)c1.[HH].[HH]. The number of nitrogens with zero attached hydrogens (tertiary/aromatic N) is 6. The molecule has 0 heterocycles. The van der Waals surface area contributed by atoms with Gasteiger partial charge in [0.25, 0.3) is 0 Å². The third kappa shape index (κ3) is 21.3. The molecule has 0 saturated heterocycles. The van der Waals surface area contributed by atoms with Gasteiger partial charge in [0.15, 0.2) is 0 Å². The number of anilines is 23. The Balaban J connectivity index is 0.000000212. The highest BCUT2D eigenvalue weighted by atomic mass is 35.5. The van der Waals surface area contributed by atoms with Crippen LogP contribution in [0.25, 0.3) is 0 Å². The van der Waals surface area contributed by atoms with Crippen LogP contribution in [0, 0.1) is 145 Å². The second-order valence-electron chi connectivity index (χ2n) is 36.4. The van der Waals surface area contributed by atoms with Crippen LogP contribution in [-0.2, 0) is 0 Å². The Kier molecular flexibility index (Phi) is 28.9. The summed E-state index contributed by atoms with van der Waals surface area (Å²) < 4.78 is 0. The number of nitrogens with two attached hydrogens (primary N) is 1. The lowest BCUT2D eigenvalue weighted by Gasteiger charge is -2.35. The van der Waals surface area contributed by atoms with Gasteiger partial charge in [-0.2, -0.15) is 0 Å². The van der Waals surface area contributed by atoms with Gasteiger partial charge in [0.1, 0.15) is 0 Å². The van der Waals surface area contributed by atoms with Crippen LogP contribution in [0.3, 0.4) is 0 Å². The first-order valence-electron chi connectivity index (χ1n) is 46.2. The predicted molar refractivity (Wildman–Crippen MR) is 585 cm³/mol. The van der Waals surface area contributed by atoms with Gasteiger partial charge in [-0.3, -0.25) is 0 Å². The van der Waals surface area contributed by atoms with E-state index in [0.29, 0.717) is 10.0 Å². The lowest BCUT2D eigenvalue weighted by atomic mass is 10.0. The van der Waals surface area contributed by atoms with Crippen molar-refractivity contribution in [3.8, 4) is 0 Å². The third-order valence-corrected chi connectivity index (χ3v) is 25.3. The van der Waals surface area contributed by atoms with E-state index in [1.165, 1.54) is 117 Å². The minimum Gasteiger partial charge on any atom is -0.398 e. The topological polar surface area (TPSA) is 69.5 Å². The molecule has 17 aromatic carbocycles. The number of aryl methyl sites for hydroxylation is 21. The number of halogens is 2. The fourth-order valence-electron chi connectivity index (χ4n) is 19.8. The van der Waals surface area contributed by atoms with Gasteiger partial charge in [0, 0.05) is 86.8 Å². The summed E-state index contributed by atoms with van der Waals surface area (Å²) in [4.78, 5) is 14.3. The summed E-state index contributed by atoms with van der Waals surface area (Å²) >= 11 is 13.5. The van der Waals surface area contributed by atoms with Gasteiger partial charge in [0.05, 0.1) is 56.9 Å². The van der Waals surface area contributed by atoms with Gasteiger partial charge in [0.2, 0.25) is 0 Å². The van der Waals surface area contributed by atoms with Gasteiger partial charge in [-0.25, -0.2) is 0 Å². The molecule has 17 rings (SSSR count). The maximum atomic E-state index is 6.76. The first kappa shape index (κ1) is 94.2. The normalized spacial score (nSPS) is 11.0. The maximum absolute atomic E-state index is 6.76. The summed E-state index contributed by atoms with van der Waals surface area (Å²) in [6, 6.07) is 122. The second-order valence-corrected chi connectivity index (χ2v) is 37.3. The highest BCUT2D eigenvalue weighted by Gasteiger charge is 2.30. The monoisotopic (exact) mass is 1800 g/mol. The summed E-state index contributed by atoms with van der Waals surface area (Å²) in [7, 11) is 0. The van der Waals surface area contributed by atoms with Crippen LogP contribution in [0.2, 0.25) is 10.0 Å². The molecular formula is C123H127Cl2N9. The maximum Gasteiger partial charge on any atom is 0.0520 e. The Morgan fingerprint density at radius 2 is 0.366 bits per heavy atom. The molecule has 0 aliphatic heterocycles. The van der Waals surface area contributed by atoms with Crippen molar-refractivity contribution in [1.82, 2.24) is 0 Å². The summed E-state index contributed by atoms with van der Waals surface area (Å²) in [5.74, 6) is 0. The van der Waals surface area contributed by atoms with E-state index in [2.05, 4.69) is 475 Å². The van der Waals surface area contributed by atoms with E-state index in [-0.39, 0.29) is 2.85 Å². The van der Waals surface area contributed by atoms with E-state index in [0.717, 1.165) is 131 Å². The van der Waals surface area contributed by atoms with E-state index in [4.69, 9.17) is 28.9 Å². The van der Waals surface area contributed by atoms with Crippen LogP contribution in [0.4, 0.5) is 131 Å². The largest absolute Gasteiger partial charge is 0.398 e. The zero-order valence-electron chi connectivity index (χ0n) is 81.3. The smallest absolute Gasteiger partial charge is 0.0520 e. The summed E-state index contributed by atoms with van der Waals surface area (Å²) in [5, 5.41) is 9.05. The van der Waals surface area contributed by atoms with Crippen LogP contribution < -0.4 is 45.8 Å². The van der Waals surface area contributed by atoms with Crippen molar-refractivity contribution in [2.45, 2.75) is 145 Å². The van der Waals surface area contributed by atoms with Crippen molar-refractivity contribution in [2.24, 2.45) is 0 Å². The van der Waals surface area contributed by atoms with Crippen molar-refractivity contribution < 1.29 is 2.85 Å². The fraction of sp³-hybridized carbons (Fsp3) is 0.171. The molecule has 134 heavy (non-hydrogen) atoms. The molecular weight excluding hydrogens is 1670 g/mol. The summed E-state index contributed by atoms with van der Waals surface area (Å²) in [6.45, 7) is 45.7. The van der Waals surface area contributed by atoms with Gasteiger partial charge in [-0.15, -0.1) is 0 Å². The van der Waals surface area contributed by atoms with E-state index in [1.54, 1.807) is 0 Å². The van der Waals surface area contributed by atoms with Crippen LogP contribution in [-0.4, -0.2) is 0 Å². The molecule has 0 amide bonds. The van der Waals surface area contributed by atoms with E-state index >= 15 is 0 Å². The molecule has 0 aliphatic carbocycles. The van der Waals surface area contributed by atoms with Gasteiger partial charge in [-0.05, 0) is 381 Å². The Labute approximate surface area is 809 Å². The van der Waals surface area contributed by atoms with Crippen molar-refractivity contribution >= 4 is 154 Å². The first-order valence-corrected chi connectivity index (χ1v) is 46.9. The third-order valence-electron chi connectivity index (χ3n) is 24.8. The number of para-hydroxylation sites is 4. The van der Waals surface area contributed by atoms with Crippen molar-refractivity contribution in [2.75, 3.05) is 45.8 Å². The molecule has 0 radical (unpaired) electrons. The summed E-state index contributed by atoms with van der Waals surface area (Å²) in [6.07, 6.45) is 0. The van der Waals surface area contributed by atoms with E-state index < -0.39 is 0 Å². The van der Waals surface area contributed by atoms with Crippen LogP contribution in [0.1, 0.15) is 120 Å². The van der Waals surface area contributed by atoms with Crippen LogP contribution in [0.5, 0.6) is 0 Å². The van der Waals surface area contributed by atoms with Crippen molar-refractivity contribution in [3.05, 3.63) is 467 Å². The molecule has 0 spiro atoms. The molecule has 0 bridgehead atoms. The number of hydrogen-bond donors (Lipinski definition) is 3. The van der Waals surface area contributed by atoms with E-state index in [1.807, 2.05) is 50.2 Å². The molecule has 0 atom stereocenters. The fourth-order valence-corrected chi connectivity index (χ4v) is 20.1. The molecule has 17 aromatic rings. The molecule has 9 nitrogen and oxygen atoms in total. The molecule has 0 saturated carbocycles. The minimum atomic E-state index is 0. The zero-order chi connectivity index (χ0) is 95.0. The molecule has 0 fully saturated rings. The predicted octanol–water partition coefficient (Wildman–Crippen LogP) is 37.2. The van der Waals surface area contributed by atoms with E-state index in [9.17, 15) is 0 Å². The lowest BCUT2D eigenvalue weighted by molar-refractivity contribution is 1.17. The molecule has 11 heteroatoms. The minimum absolute atomic E-state index is 0. The number of hydrogen-bond acceptors (Lipinski definition) is 9. The average Bonchev–Trinajstić information content (AvgIpc) is 0.753. The summed E-state index contributed by atoms with van der Waals surface area (Å²) in [5.41, 5.74) is 55.3. The van der Waals surface area contributed by atoms with Crippen LogP contribution >= 0.6 is 23.2 Å². The van der Waals surface area contributed by atoms with Crippen molar-refractivity contribution in [3.63, 3.8) is 0 Å². The zero-order valence-corrected chi connectivity index (χ0v) is 82.9. The lowest BCUT2D eigenvalue weighted by Crippen LogP contribution is -2.18. The van der Waals surface area contributed by atoms with Gasteiger partial charge in [-0.1, -0.05) is 244 Å². The standard InChI is InChI=1S/C66H67N5.C48H43Cl2N3.C9H13N.2H2/c1-42-29-46(5)63(47(6)30-42)67-54-21-19-27-58(37-54)70(65-50(9)33-44(3)34-51(65)10)61-39-60(69(56-23-15-13-16-24-56)57-25-17-14-18-26-57)40-62(41-61)71(66-52(11)35-45(4)36-53(66)12)59-28-20-22-55(38-59)68-64-48(7)31-43(2)32-49(64)8;1-32-23-34(3)47(35(4)24-32)52(42-21-13-15-38(49)27-42)45-29-44(51(40-17-9-7-10-18-40)41-19-11-8-12-20-41)30-46(31-45)53(43-22-14-16-39(50)28-43)48-36(5)25-33(2)26-37(48)6;1-6-4-7(2)9(10)8(3)5-6;;/h13-41,67-68H,1-12H3;7-31H,1-6H3;4-5H,10H2,1-3H3;2*1H. The number of nitrogens with one attached hydrogen (secondary N) is 2. The van der Waals surface area contributed by atoms with Gasteiger partial charge < -0.3 is 45.8 Å². The Bertz CT molecular complexity index is 6610. The highest BCUT2D eigenvalue weighted by molar-refractivity contribution is 6.31. The Hall–Kier alpha value is -14.5. The quantitative estimate of drug-likeness (QED) is 0.0576. The molecule has 0 aliphatic rings. The van der Waals surface area contributed by atoms with Crippen molar-refractivity contribution in [1.29, 1.82) is 0 Å². The second kappa shape index (κ2) is 41.1. The number of benzene rings is 17. The number of nitrogen functional groups attached to an aromatic ring is 1. The molecule has 4 N–H and O–H groups in total.